The van der Waals surface area contributed by atoms with Crippen LogP contribution in [0.25, 0.3) is 0 Å². The molecule has 7 heteroatoms. The third-order valence-corrected chi connectivity index (χ3v) is 6.07. The number of nitrogens with one attached hydrogen (secondary N) is 2. The van der Waals surface area contributed by atoms with E-state index in [1.165, 1.54) is 0 Å². The van der Waals surface area contributed by atoms with Crippen LogP contribution in [-0.4, -0.2) is 55.4 Å². The van der Waals surface area contributed by atoms with Crippen molar-refractivity contribution in [3.8, 4) is 5.75 Å². The van der Waals surface area contributed by atoms with Gasteiger partial charge in [-0.25, -0.2) is 0 Å². The SMILES string of the molecule is CCCNC(=O)C(NC(=O)c1ccc(OC)cc1)C1CCN(C(=O)c2ccc(C)cc2)CC1. The molecule has 0 bridgehead atoms. The van der Waals surface area contributed by atoms with E-state index in [0.29, 0.717) is 49.4 Å². The maximum atomic E-state index is 12.9. The van der Waals surface area contributed by atoms with E-state index in [1.54, 1.807) is 31.4 Å². The first-order valence-corrected chi connectivity index (χ1v) is 11.5. The van der Waals surface area contributed by atoms with Crippen LogP contribution in [0.2, 0.25) is 0 Å². The molecule has 0 aliphatic carbocycles. The Balaban J connectivity index is 1.66. The molecule has 1 fully saturated rings. The van der Waals surface area contributed by atoms with Gasteiger partial charge in [0.15, 0.2) is 0 Å². The molecule has 3 amide bonds. The number of methoxy groups -OCH3 is 1. The third-order valence-electron chi connectivity index (χ3n) is 6.07. The predicted octanol–water partition coefficient (Wildman–Crippen LogP) is 3.18. The lowest BCUT2D eigenvalue weighted by Crippen LogP contribution is -2.54. The number of ether oxygens (including phenoxy) is 1. The zero-order chi connectivity index (χ0) is 23.8. The van der Waals surface area contributed by atoms with Gasteiger partial charge in [-0.1, -0.05) is 24.6 Å². The van der Waals surface area contributed by atoms with Gasteiger partial charge in [0.25, 0.3) is 11.8 Å². The second-order valence-electron chi connectivity index (χ2n) is 8.47. The number of amides is 3. The average Bonchev–Trinajstić information content (AvgIpc) is 2.86. The molecule has 1 unspecified atom stereocenters. The fourth-order valence-corrected chi connectivity index (χ4v) is 4.04. The smallest absolute Gasteiger partial charge is 0.253 e. The van der Waals surface area contributed by atoms with E-state index in [0.717, 1.165) is 12.0 Å². The number of hydrogen-bond acceptors (Lipinski definition) is 4. The predicted molar refractivity (Wildman–Crippen MR) is 127 cm³/mol. The van der Waals surface area contributed by atoms with Crippen LogP contribution in [-0.2, 0) is 4.79 Å². The molecule has 1 heterocycles. The summed E-state index contributed by atoms with van der Waals surface area (Å²) in [6.45, 7) is 5.63. The Bertz CT molecular complexity index is 949. The highest BCUT2D eigenvalue weighted by atomic mass is 16.5. The fraction of sp³-hybridized carbons (Fsp3) is 0.423. The molecule has 1 aliphatic rings. The topological polar surface area (TPSA) is 87.7 Å². The molecular weight excluding hydrogens is 418 g/mol. The summed E-state index contributed by atoms with van der Waals surface area (Å²) in [4.78, 5) is 40.4. The van der Waals surface area contributed by atoms with Gasteiger partial charge in [-0.3, -0.25) is 14.4 Å². The number of likely N-dealkylation sites (tertiary alicyclic amines) is 1. The number of benzene rings is 2. The van der Waals surface area contributed by atoms with Crippen molar-refractivity contribution >= 4 is 17.7 Å². The van der Waals surface area contributed by atoms with Crippen LogP contribution in [0.4, 0.5) is 0 Å². The van der Waals surface area contributed by atoms with Gasteiger partial charge in [-0.2, -0.15) is 0 Å². The largest absolute Gasteiger partial charge is 0.497 e. The summed E-state index contributed by atoms with van der Waals surface area (Å²) in [5.74, 6) is 0.137. The maximum absolute atomic E-state index is 12.9. The van der Waals surface area contributed by atoms with Crippen molar-refractivity contribution < 1.29 is 19.1 Å². The molecule has 7 nitrogen and oxygen atoms in total. The van der Waals surface area contributed by atoms with Crippen LogP contribution in [0, 0.1) is 12.8 Å². The molecule has 3 rings (SSSR count). The van der Waals surface area contributed by atoms with Crippen molar-refractivity contribution in [1.82, 2.24) is 15.5 Å². The Hall–Kier alpha value is -3.35. The highest BCUT2D eigenvalue weighted by Crippen LogP contribution is 2.23. The summed E-state index contributed by atoms with van der Waals surface area (Å²) >= 11 is 0. The van der Waals surface area contributed by atoms with Crippen molar-refractivity contribution in [2.45, 2.75) is 39.2 Å². The summed E-state index contributed by atoms with van der Waals surface area (Å²) in [6.07, 6.45) is 2.10. The van der Waals surface area contributed by atoms with E-state index in [1.807, 2.05) is 43.0 Å². The summed E-state index contributed by atoms with van der Waals surface area (Å²) in [5, 5.41) is 5.85. The molecule has 1 saturated heterocycles. The van der Waals surface area contributed by atoms with E-state index in [9.17, 15) is 14.4 Å². The highest BCUT2D eigenvalue weighted by molar-refractivity contribution is 5.98. The minimum Gasteiger partial charge on any atom is -0.497 e. The summed E-state index contributed by atoms with van der Waals surface area (Å²) < 4.78 is 5.15. The van der Waals surface area contributed by atoms with E-state index < -0.39 is 6.04 Å². The van der Waals surface area contributed by atoms with Crippen LogP contribution < -0.4 is 15.4 Å². The number of piperidine rings is 1. The molecular formula is C26H33N3O4. The number of carbonyl (C=O) groups is 3. The molecule has 1 aliphatic heterocycles. The Morgan fingerprint density at radius 2 is 1.61 bits per heavy atom. The Labute approximate surface area is 195 Å². The van der Waals surface area contributed by atoms with Crippen LogP contribution >= 0.6 is 0 Å². The van der Waals surface area contributed by atoms with Crippen molar-refractivity contribution in [2.75, 3.05) is 26.7 Å². The fourth-order valence-electron chi connectivity index (χ4n) is 4.04. The minimum absolute atomic E-state index is 0.00250. The van der Waals surface area contributed by atoms with Crippen LogP contribution in [0.15, 0.2) is 48.5 Å². The number of hydrogen-bond donors (Lipinski definition) is 2. The Morgan fingerprint density at radius 3 is 2.18 bits per heavy atom. The quantitative estimate of drug-likeness (QED) is 0.645. The molecule has 0 saturated carbocycles. The van der Waals surface area contributed by atoms with Gasteiger partial charge in [0, 0.05) is 30.8 Å². The number of aryl methyl sites for hydroxylation is 1. The molecule has 0 spiro atoms. The Kier molecular flexibility index (Phi) is 8.46. The van der Waals surface area contributed by atoms with E-state index >= 15 is 0 Å². The highest BCUT2D eigenvalue weighted by Gasteiger charge is 2.34. The lowest BCUT2D eigenvalue weighted by molar-refractivity contribution is -0.124. The van der Waals surface area contributed by atoms with Gasteiger partial charge in [-0.05, 0) is 68.5 Å². The van der Waals surface area contributed by atoms with Crippen molar-refractivity contribution in [3.63, 3.8) is 0 Å². The van der Waals surface area contributed by atoms with Gasteiger partial charge < -0.3 is 20.3 Å². The molecule has 176 valence electrons. The van der Waals surface area contributed by atoms with Crippen molar-refractivity contribution in [1.29, 1.82) is 0 Å². The third kappa shape index (κ3) is 6.34. The lowest BCUT2D eigenvalue weighted by Gasteiger charge is -2.36. The van der Waals surface area contributed by atoms with E-state index in [2.05, 4.69) is 10.6 Å². The van der Waals surface area contributed by atoms with Crippen molar-refractivity contribution in [3.05, 3.63) is 65.2 Å². The standard InChI is InChI=1S/C26H33N3O4/c1-4-15-27-25(31)23(28-24(30)20-9-11-22(33-3)12-10-20)19-13-16-29(17-14-19)26(32)21-7-5-18(2)6-8-21/h5-12,19,23H,4,13-17H2,1-3H3,(H,27,31)(H,28,30). The van der Waals surface area contributed by atoms with Gasteiger partial charge in [-0.15, -0.1) is 0 Å². The van der Waals surface area contributed by atoms with E-state index in [-0.39, 0.29) is 23.6 Å². The van der Waals surface area contributed by atoms with Crippen LogP contribution in [0.3, 0.4) is 0 Å². The lowest BCUT2D eigenvalue weighted by atomic mass is 9.88. The van der Waals surface area contributed by atoms with Crippen molar-refractivity contribution in [2.24, 2.45) is 5.92 Å². The first-order chi connectivity index (χ1) is 15.9. The second-order valence-corrected chi connectivity index (χ2v) is 8.47. The van der Waals surface area contributed by atoms with E-state index in [4.69, 9.17) is 4.74 Å². The van der Waals surface area contributed by atoms with Gasteiger partial charge in [0.05, 0.1) is 7.11 Å². The number of carbonyl (C=O) groups excluding carboxylic acids is 3. The zero-order valence-corrected chi connectivity index (χ0v) is 19.6. The zero-order valence-electron chi connectivity index (χ0n) is 19.6. The van der Waals surface area contributed by atoms with Gasteiger partial charge >= 0.3 is 0 Å². The summed E-state index contributed by atoms with van der Waals surface area (Å²) in [6, 6.07) is 13.7. The summed E-state index contributed by atoms with van der Waals surface area (Å²) in [7, 11) is 1.57. The molecule has 2 N–H and O–H groups in total. The van der Waals surface area contributed by atoms with Gasteiger partial charge in [0.1, 0.15) is 11.8 Å². The Morgan fingerprint density at radius 1 is 1.00 bits per heavy atom. The average molecular weight is 452 g/mol. The molecule has 33 heavy (non-hydrogen) atoms. The minimum atomic E-state index is -0.650. The second kappa shape index (κ2) is 11.5. The molecule has 2 aromatic carbocycles. The van der Waals surface area contributed by atoms with Gasteiger partial charge in [0.2, 0.25) is 5.91 Å². The summed E-state index contributed by atoms with van der Waals surface area (Å²) in [5.41, 5.74) is 2.25. The molecule has 0 aromatic heterocycles. The molecule has 2 aromatic rings. The molecule has 0 radical (unpaired) electrons. The first kappa shape index (κ1) is 24.3. The normalized spacial score (nSPS) is 14.9. The van der Waals surface area contributed by atoms with Crippen LogP contribution in [0.5, 0.6) is 5.75 Å². The van der Waals surface area contributed by atoms with Crippen LogP contribution in [0.1, 0.15) is 52.5 Å². The number of rotatable bonds is 8. The number of nitrogens with zero attached hydrogens (tertiary/aromatic N) is 1. The maximum Gasteiger partial charge on any atom is 0.253 e. The first-order valence-electron chi connectivity index (χ1n) is 11.5. The molecule has 1 atom stereocenters. The monoisotopic (exact) mass is 451 g/mol.